The van der Waals surface area contributed by atoms with Gasteiger partial charge >= 0.3 is 9.05 Å². The highest BCUT2D eigenvalue weighted by molar-refractivity contribution is 6.53. The van der Waals surface area contributed by atoms with Crippen molar-refractivity contribution in [1.82, 2.24) is 0 Å². The third-order valence-electron chi connectivity index (χ3n) is 4.00. The van der Waals surface area contributed by atoms with E-state index < -0.39 is 9.05 Å². The molecule has 0 unspecified atom stereocenters. The Bertz CT molecular complexity index is 719. The molecule has 3 aromatic carbocycles. The Morgan fingerprint density at radius 1 is 0.571 bits per heavy atom. The maximum absolute atomic E-state index is 6.10. The van der Waals surface area contributed by atoms with Gasteiger partial charge in [0.2, 0.25) is 0 Å². The molecular weight excluding hydrogens is 368 g/mol. The van der Waals surface area contributed by atoms with E-state index in [1.165, 1.54) is 6.26 Å². The van der Waals surface area contributed by atoms with E-state index in [1.807, 2.05) is 91.0 Å². The van der Waals surface area contributed by atoms with Crippen LogP contribution in [0.2, 0.25) is 0 Å². The molecule has 0 aliphatic heterocycles. The first-order valence-corrected chi connectivity index (χ1v) is 10.8. The van der Waals surface area contributed by atoms with Gasteiger partial charge in [0.15, 0.2) is 0 Å². The molecule has 3 aromatic rings. The van der Waals surface area contributed by atoms with Crippen LogP contribution in [0.25, 0.3) is 0 Å². The van der Waals surface area contributed by atoms with E-state index in [0.717, 1.165) is 16.7 Å². The SMILES string of the molecule is C=CO[Si](OCc1ccccc1)(OCc1ccccc1)OCc1ccccc1. The molecule has 3 rings (SSSR count). The lowest BCUT2D eigenvalue weighted by Crippen LogP contribution is -2.47. The first-order valence-electron chi connectivity index (χ1n) is 9.12. The summed E-state index contributed by atoms with van der Waals surface area (Å²) in [5, 5.41) is 0. The van der Waals surface area contributed by atoms with Crippen molar-refractivity contribution in [2.24, 2.45) is 0 Å². The summed E-state index contributed by atoms with van der Waals surface area (Å²) in [6.07, 6.45) is 1.33. The topological polar surface area (TPSA) is 36.9 Å². The van der Waals surface area contributed by atoms with E-state index in [9.17, 15) is 0 Å². The number of benzene rings is 3. The molecular formula is C23H24O4Si. The van der Waals surface area contributed by atoms with Crippen molar-refractivity contribution < 1.29 is 17.7 Å². The lowest BCUT2D eigenvalue weighted by molar-refractivity contribution is -0.0268. The van der Waals surface area contributed by atoms with E-state index in [0.29, 0.717) is 19.8 Å². The summed E-state index contributed by atoms with van der Waals surface area (Å²) in [4.78, 5) is 0. The summed E-state index contributed by atoms with van der Waals surface area (Å²) in [6, 6.07) is 29.6. The fourth-order valence-corrected chi connectivity index (χ4v) is 4.26. The van der Waals surface area contributed by atoms with E-state index in [4.69, 9.17) is 17.7 Å². The molecule has 0 aliphatic carbocycles. The third-order valence-corrected chi connectivity index (χ3v) is 5.95. The Balaban J connectivity index is 1.74. The van der Waals surface area contributed by atoms with E-state index in [1.54, 1.807) is 0 Å². The smallest absolute Gasteiger partial charge is 0.487 e. The van der Waals surface area contributed by atoms with Gasteiger partial charge in [-0.05, 0) is 16.7 Å². The normalized spacial score (nSPS) is 11.1. The van der Waals surface area contributed by atoms with E-state index in [2.05, 4.69) is 6.58 Å². The van der Waals surface area contributed by atoms with Crippen LogP contribution in [0.5, 0.6) is 0 Å². The number of rotatable bonds is 11. The third kappa shape index (κ3) is 6.18. The second-order valence-corrected chi connectivity index (χ2v) is 8.21. The van der Waals surface area contributed by atoms with Crippen LogP contribution in [0.4, 0.5) is 0 Å². The van der Waals surface area contributed by atoms with Gasteiger partial charge in [-0.3, -0.25) is 0 Å². The average Bonchev–Trinajstić information content (AvgIpc) is 2.77. The van der Waals surface area contributed by atoms with Crippen LogP contribution in [0.1, 0.15) is 16.7 Å². The Labute approximate surface area is 167 Å². The van der Waals surface area contributed by atoms with Crippen molar-refractivity contribution in [2.75, 3.05) is 0 Å². The Kier molecular flexibility index (Phi) is 7.58. The van der Waals surface area contributed by atoms with Crippen molar-refractivity contribution in [2.45, 2.75) is 19.8 Å². The van der Waals surface area contributed by atoms with Gasteiger partial charge in [0, 0.05) is 0 Å². The molecule has 0 amide bonds. The zero-order valence-corrected chi connectivity index (χ0v) is 16.7. The van der Waals surface area contributed by atoms with Gasteiger partial charge < -0.3 is 17.7 Å². The maximum atomic E-state index is 6.10. The minimum Gasteiger partial charge on any atom is -0.487 e. The van der Waals surface area contributed by atoms with Gasteiger partial charge in [0.05, 0.1) is 26.1 Å². The van der Waals surface area contributed by atoms with Crippen molar-refractivity contribution in [3.05, 3.63) is 121 Å². The highest BCUT2D eigenvalue weighted by Gasteiger charge is 2.48. The minimum atomic E-state index is -3.46. The molecule has 0 spiro atoms. The number of hydrogen-bond acceptors (Lipinski definition) is 4. The lowest BCUT2D eigenvalue weighted by Gasteiger charge is -2.27. The second-order valence-electron chi connectivity index (χ2n) is 6.11. The number of hydrogen-bond donors (Lipinski definition) is 0. The summed E-state index contributed by atoms with van der Waals surface area (Å²) >= 11 is 0. The molecule has 0 aliphatic rings. The maximum Gasteiger partial charge on any atom is 0.750 e. The molecule has 0 fully saturated rings. The molecule has 0 aromatic heterocycles. The Morgan fingerprint density at radius 3 is 1.18 bits per heavy atom. The van der Waals surface area contributed by atoms with Crippen LogP contribution in [-0.2, 0) is 37.5 Å². The molecule has 4 nitrogen and oxygen atoms in total. The highest BCUT2D eigenvalue weighted by Crippen LogP contribution is 2.20. The van der Waals surface area contributed by atoms with Crippen LogP contribution in [-0.4, -0.2) is 9.05 Å². The van der Waals surface area contributed by atoms with Gasteiger partial charge in [-0.15, -0.1) is 0 Å². The van der Waals surface area contributed by atoms with Gasteiger partial charge in [0.25, 0.3) is 0 Å². The summed E-state index contributed by atoms with van der Waals surface area (Å²) in [7, 11) is -3.46. The molecule has 5 heteroatoms. The summed E-state index contributed by atoms with van der Waals surface area (Å²) in [5.41, 5.74) is 3.04. The van der Waals surface area contributed by atoms with Gasteiger partial charge in [0.1, 0.15) is 0 Å². The molecule has 0 bridgehead atoms. The van der Waals surface area contributed by atoms with Crippen molar-refractivity contribution in [3.63, 3.8) is 0 Å². The average molecular weight is 393 g/mol. The predicted octanol–water partition coefficient (Wildman–Crippen LogP) is 5.23. The van der Waals surface area contributed by atoms with Crippen LogP contribution >= 0.6 is 0 Å². The lowest BCUT2D eigenvalue weighted by atomic mass is 10.2. The summed E-state index contributed by atoms with van der Waals surface area (Å²) in [6.45, 7) is 4.65. The highest BCUT2D eigenvalue weighted by atomic mass is 28.4. The monoisotopic (exact) mass is 392 g/mol. The zero-order chi connectivity index (χ0) is 19.5. The fraction of sp³-hybridized carbons (Fsp3) is 0.130. The van der Waals surface area contributed by atoms with E-state index >= 15 is 0 Å². The zero-order valence-electron chi connectivity index (χ0n) is 15.7. The minimum absolute atomic E-state index is 0.324. The van der Waals surface area contributed by atoms with Gasteiger partial charge in [-0.1, -0.05) is 97.6 Å². The summed E-state index contributed by atoms with van der Waals surface area (Å²) < 4.78 is 24.0. The molecule has 0 atom stereocenters. The van der Waals surface area contributed by atoms with Crippen LogP contribution in [0.15, 0.2) is 104 Å². The van der Waals surface area contributed by atoms with Crippen molar-refractivity contribution in [3.8, 4) is 0 Å². The molecule has 28 heavy (non-hydrogen) atoms. The van der Waals surface area contributed by atoms with Gasteiger partial charge in [-0.2, -0.15) is 0 Å². The van der Waals surface area contributed by atoms with Crippen molar-refractivity contribution >= 4 is 9.05 Å². The first kappa shape index (κ1) is 20.0. The quantitative estimate of drug-likeness (QED) is 0.331. The molecule has 144 valence electrons. The largest absolute Gasteiger partial charge is 0.750 e. The Morgan fingerprint density at radius 2 is 0.893 bits per heavy atom. The first-order chi connectivity index (χ1) is 13.8. The molecule has 0 heterocycles. The van der Waals surface area contributed by atoms with Crippen LogP contribution in [0.3, 0.4) is 0 Å². The standard InChI is InChI=1S/C23H24O4Si/c1-2-24-28(25-18-21-12-6-3-7-13-21,26-19-22-14-8-4-9-15-22)27-20-23-16-10-5-11-17-23/h2-17H,1,18-20H2. The van der Waals surface area contributed by atoms with Crippen LogP contribution < -0.4 is 0 Å². The van der Waals surface area contributed by atoms with Crippen molar-refractivity contribution in [1.29, 1.82) is 0 Å². The molecule has 0 saturated carbocycles. The molecule has 0 N–H and O–H groups in total. The Hall–Kier alpha value is -2.70. The second kappa shape index (κ2) is 10.6. The van der Waals surface area contributed by atoms with E-state index in [-0.39, 0.29) is 0 Å². The van der Waals surface area contributed by atoms with Crippen LogP contribution in [0, 0.1) is 0 Å². The fourth-order valence-electron chi connectivity index (χ4n) is 2.57. The molecule has 0 saturated heterocycles. The van der Waals surface area contributed by atoms with Gasteiger partial charge in [-0.25, -0.2) is 0 Å². The molecule has 0 radical (unpaired) electrons. The summed E-state index contributed by atoms with van der Waals surface area (Å²) in [5.74, 6) is 0. The predicted molar refractivity (Wildman–Crippen MR) is 111 cm³/mol.